The van der Waals surface area contributed by atoms with Gasteiger partial charge in [-0.25, -0.2) is 4.79 Å². The number of nitrogens with one attached hydrogen (secondary N) is 2. The molecule has 0 aliphatic rings. The number of ether oxygens (including phenoxy) is 2. The summed E-state index contributed by atoms with van der Waals surface area (Å²) in [4.78, 5) is 33.0. The van der Waals surface area contributed by atoms with Crippen LogP contribution in [0.25, 0.3) is 0 Å². The molecular weight excluding hydrogens is 282 g/mol. The molecule has 0 heterocycles. The van der Waals surface area contributed by atoms with E-state index in [4.69, 9.17) is 9.47 Å². The topological polar surface area (TPSA) is 120 Å². The van der Waals surface area contributed by atoms with Crippen LogP contribution in [-0.4, -0.2) is 37.1 Å². The molecule has 1 aromatic carbocycles. The first kappa shape index (κ1) is 16.2. The highest BCUT2D eigenvalue weighted by atomic mass is 16.6. The van der Waals surface area contributed by atoms with E-state index in [-0.39, 0.29) is 17.2 Å². The van der Waals surface area contributed by atoms with Gasteiger partial charge in [0.25, 0.3) is 5.91 Å². The van der Waals surface area contributed by atoms with Crippen molar-refractivity contribution in [3.05, 3.63) is 28.3 Å². The van der Waals surface area contributed by atoms with Crippen LogP contribution in [0, 0.1) is 10.1 Å². The monoisotopic (exact) mass is 297 g/mol. The Balaban J connectivity index is 2.89. The number of urea groups is 1. The minimum Gasteiger partial charge on any atom is -0.496 e. The Hall–Kier alpha value is -2.84. The van der Waals surface area contributed by atoms with Gasteiger partial charge >= 0.3 is 11.7 Å². The van der Waals surface area contributed by atoms with Crippen LogP contribution in [0.3, 0.4) is 0 Å². The molecule has 0 saturated heterocycles. The highest BCUT2D eigenvalue weighted by molar-refractivity contribution is 5.96. The average molecular weight is 297 g/mol. The molecule has 21 heavy (non-hydrogen) atoms. The average Bonchev–Trinajstić information content (AvgIpc) is 2.46. The van der Waals surface area contributed by atoms with Crippen molar-refractivity contribution in [2.75, 3.05) is 14.2 Å². The highest BCUT2D eigenvalue weighted by Gasteiger charge is 2.22. The van der Waals surface area contributed by atoms with E-state index >= 15 is 0 Å². The molecule has 1 aromatic rings. The molecule has 0 aliphatic heterocycles. The molecule has 1 atom stereocenters. The van der Waals surface area contributed by atoms with Gasteiger partial charge < -0.3 is 14.8 Å². The van der Waals surface area contributed by atoms with Crippen molar-refractivity contribution in [1.82, 2.24) is 10.6 Å². The summed E-state index contributed by atoms with van der Waals surface area (Å²) in [6, 6.07) is 3.27. The van der Waals surface area contributed by atoms with Gasteiger partial charge in [-0.2, -0.15) is 0 Å². The normalized spacial score (nSPS) is 11.2. The van der Waals surface area contributed by atoms with E-state index in [0.717, 1.165) is 0 Å². The fourth-order valence-electron chi connectivity index (χ4n) is 1.39. The number of benzene rings is 1. The maximum Gasteiger partial charge on any atom is 0.321 e. The van der Waals surface area contributed by atoms with Crippen LogP contribution < -0.4 is 20.1 Å². The lowest BCUT2D eigenvalue weighted by molar-refractivity contribution is -0.386. The molecule has 0 unspecified atom stereocenters. The number of nitro groups is 1. The molecular formula is C12H15N3O6. The lowest BCUT2D eigenvalue weighted by Gasteiger charge is -2.14. The smallest absolute Gasteiger partial charge is 0.321 e. The Morgan fingerprint density at radius 1 is 1.38 bits per heavy atom. The third-order valence-electron chi connectivity index (χ3n) is 2.50. The van der Waals surface area contributed by atoms with Gasteiger partial charge in [0.2, 0.25) is 0 Å². The van der Waals surface area contributed by atoms with E-state index in [0.29, 0.717) is 0 Å². The van der Waals surface area contributed by atoms with Gasteiger partial charge in [-0.3, -0.25) is 20.2 Å². The van der Waals surface area contributed by atoms with Gasteiger partial charge in [-0.1, -0.05) is 0 Å². The van der Waals surface area contributed by atoms with Crippen molar-refractivity contribution in [3.63, 3.8) is 0 Å². The SMILES string of the molecule is CNC(=O)NC(=O)[C@@H](C)Oc1ccc(OC)cc1[N+](=O)[O-]. The van der Waals surface area contributed by atoms with Crippen LogP contribution >= 0.6 is 0 Å². The second-order valence-corrected chi connectivity index (χ2v) is 3.92. The van der Waals surface area contributed by atoms with Crippen LogP contribution in [-0.2, 0) is 4.79 Å². The van der Waals surface area contributed by atoms with Crippen LogP contribution in [0.15, 0.2) is 18.2 Å². The largest absolute Gasteiger partial charge is 0.496 e. The molecule has 0 bridgehead atoms. The summed E-state index contributed by atoms with van der Waals surface area (Å²) in [5, 5.41) is 15.2. The zero-order valence-corrected chi connectivity index (χ0v) is 11.7. The van der Waals surface area contributed by atoms with E-state index in [1.807, 2.05) is 5.32 Å². The van der Waals surface area contributed by atoms with E-state index in [1.165, 1.54) is 39.3 Å². The minimum atomic E-state index is -1.09. The second-order valence-electron chi connectivity index (χ2n) is 3.92. The number of hydrogen-bond donors (Lipinski definition) is 2. The maximum atomic E-state index is 11.6. The van der Waals surface area contributed by atoms with E-state index in [1.54, 1.807) is 0 Å². The molecule has 9 nitrogen and oxygen atoms in total. The Labute approximate surface area is 120 Å². The first-order valence-corrected chi connectivity index (χ1v) is 5.90. The summed E-state index contributed by atoms with van der Waals surface area (Å²) in [7, 11) is 2.72. The zero-order chi connectivity index (χ0) is 16.0. The molecule has 114 valence electrons. The number of imide groups is 1. The third kappa shape index (κ3) is 4.34. The Morgan fingerprint density at radius 3 is 2.57 bits per heavy atom. The highest BCUT2D eigenvalue weighted by Crippen LogP contribution is 2.31. The maximum absolute atomic E-state index is 11.6. The second kappa shape index (κ2) is 7.08. The van der Waals surface area contributed by atoms with E-state index in [9.17, 15) is 19.7 Å². The zero-order valence-electron chi connectivity index (χ0n) is 11.7. The Bertz CT molecular complexity index is 560. The van der Waals surface area contributed by atoms with Gasteiger partial charge in [0, 0.05) is 7.05 Å². The van der Waals surface area contributed by atoms with Crippen LogP contribution in [0.5, 0.6) is 11.5 Å². The van der Waals surface area contributed by atoms with Gasteiger partial charge in [0.1, 0.15) is 5.75 Å². The third-order valence-corrected chi connectivity index (χ3v) is 2.50. The van der Waals surface area contributed by atoms with Crippen LogP contribution in [0.1, 0.15) is 6.92 Å². The summed E-state index contributed by atoms with van der Waals surface area (Å²) in [5.41, 5.74) is -0.339. The Kier molecular flexibility index (Phi) is 5.47. The summed E-state index contributed by atoms with van der Waals surface area (Å²) in [5.74, 6) is -0.531. The van der Waals surface area contributed by atoms with Crippen molar-refractivity contribution in [2.45, 2.75) is 13.0 Å². The molecule has 3 amide bonds. The van der Waals surface area contributed by atoms with Gasteiger partial charge in [0.05, 0.1) is 18.1 Å². The number of rotatable bonds is 5. The van der Waals surface area contributed by atoms with Gasteiger partial charge in [0.15, 0.2) is 11.9 Å². The molecule has 9 heteroatoms. The quantitative estimate of drug-likeness (QED) is 0.613. The number of carbonyl (C=O) groups excluding carboxylic acids is 2. The summed E-state index contributed by atoms with van der Waals surface area (Å²) in [6.07, 6.45) is -1.09. The van der Waals surface area contributed by atoms with Crippen molar-refractivity contribution in [3.8, 4) is 11.5 Å². The lowest BCUT2D eigenvalue weighted by Crippen LogP contribution is -2.44. The van der Waals surface area contributed by atoms with Crippen molar-refractivity contribution in [1.29, 1.82) is 0 Å². The number of carbonyl (C=O) groups is 2. The standard InChI is InChI=1S/C12H15N3O6/c1-7(11(16)14-12(17)13-2)21-10-5-4-8(20-3)6-9(10)15(18)19/h4-7H,1-3H3,(H2,13,14,16,17)/t7-/m1/s1. The molecule has 0 saturated carbocycles. The molecule has 0 aromatic heterocycles. The van der Waals surface area contributed by atoms with Crippen molar-refractivity contribution >= 4 is 17.6 Å². The van der Waals surface area contributed by atoms with Crippen LogP contribution in [0.2, 0.25) is 0 Å². The van der Waals surface area contributed by atoms with Gasteiger partial charge in [-0.15, -0.1) is 0 Å². The fraction of sp³-hybridized carbons (Fsp3) is 0.333. The lowest BCUT2D eigenvalue weighted by atomic mass is 10.2. The summed E-state index contributed by atoms with van der Waals surface area (Å²) >= 11 is 0. The number of nitrogens with zero attached hydrogens (tertiary/aromatic N) is 1. The van der Waals surface area contributed by atoms with Crippen molar-refractivity contribution < 1.29 is 24.0 Å². The molecule has 1 rings (SSSR count). The first-order valence-electron chi connectivity index (χ1n) is 5.90. The minimum absolute atomic E-state index is 0.0969. The van der Waals surface area contributed by atoms with Crippen molar-refractivity contribution in [2.24, 2.45) is 0 Å². The molecule has 2 N–H and O–H groups in total. The summed E-state index contributed by atoms with van der Waals surface area (Å²) in [6.45, 7) is 1.37. The van der Waals surface area contributed by atoms with E-state index < -0.39 is 23.0 Å². The number of hydrogen-bond acceptors (Lipinski definition) is 6. The van der Waals surface area contributed by atoms with E-state index in [2.05, 4.69) is 5.32 Å². The van der Waals surface area contributed by atoms with Gasteiger partial charge in [-0.05, 0) is 19.1 Å². The fourth-order valence-corrected chi connectivity index (χ4v) is 1.39. The predicted molar refractivity (Wildman–Crippen MR) is 72.3 cm³/mol. The first-order chi connectivity index (χ1) is 9.88. The Morgan fingerprint density at radius 2 is 2.05 bits per heavy atom. The molecule has 0 spiro atoms. The number of amides is 3. The predicted octanol–water partition coefficient (Wildman–Crippen LogP) is 0.826. The van der Waals surface area contributed by atoms with Crippen LogP contribution in [0.4, 0.5) is 10.5 Å². The molecule has 0 fully saturated rings. The molecule has 0 radical (unpaired) electrons. The number of nitro benzene ring substituents is 1. The number of methoxy groups -OCH3 is 1. The summed E-state index contributed by atoms with van der Waals surface area (Å²) < 4.78 is 10.1. The molecule has 0 aliphatic carbocycles.